The SMILES string of the molecule is O=C1C(=Cc2cccs2)Oc2c1ccc1c2CN(Cc2ccco2)CO1. The Bertz CT molecular complexity index is 989. The van der Waals surface area contributed by atoms with Crippen LogP contribution in [0.1, 0.15) is 26.6 Å². The van der Waals surface area contributed by atoms with E-state index in [2.05, 4.69) is 4.90 Å². The molecule has 4 heterocycles. The summed E-state index contributed by atoms with van der Waals surface area (Å²) in [5, 5.41) is 1.97. The van der Waals surface area contributed by atoms with Crippen LogP contribution >= 0.6 is 11.3 Å². The van der Waals surface area contributed by atoms with Crippen molar-refractivity contribution in [3.8, 4) is 11.5 Å². The summed E-state index contributed by atoms with van der Waals surface area (Å²) in [6.07, 6.45) is 3.46. The molecule has 0 atom stereocenters. The molecule has 5 nitrogen and oxygen atoms in total. The van der Waals surface area contributed by atoms with Crippen LogP contribution in [0.3, 0.4) is 0 Å². The molecule has 0 saturated heterocycles. The van der Waals surface area contributed by atoms with Crippen molar-refractivity contribution in [2.45, 2.75) is 13.1 Å². The van der Waals surface area contributed by atoms with Gasteiger partial charge in [-0.15, -0.1) is 11.3 Å². The van der Waals surface area contributed by atoms with E-state index >= 15 is 0 Å². The van der Waals surface area contributed by atoms with Gasteiger partial charge >= 0.3 is 0 Å². The van der Waals surface area contributed by atoms with Crippen LogP contribution in [0.25, 0.3) is 6.08 Å². The minimum absolute atomic E-state index is 0.0839. The number of carbonyl (C=O) groups is 1. The van der Waals surface area contributed by atoms with E-state index in [1.54, 1.807) is 29.7 Å². The van der Waals surface area contributed by atoms with Gasteiger partial charge in [0.2, 0.25) is 5.78 Å². The summed E-state index contributed by atoms with van der Waals surface area (Å²) in [5.41, 5.74) is 1.50. The Labute approximate surface area is 154 Å². The number of hydrogen-bond acceptors (Lipinski definition) is 6. The van der Waals surface area contributed by atoms with Gasteiger partial charge in [0.25, 0.3) is 0 Å². The smallest absolute Gasteiger partial charge is 0.232 e. The minimum atomic E-state index is -0.0839. The third-order valence-electron chi connectivity index (χ3n) is 4.46. The molecule has 2 aromatic heterocycles. The predicted molar refractivity (Wildman–Crippen MR) is 97.1 cm³/mol. The fraction of sp³-hybridized carbons (Fsp3) is 0.150. The van der Waals surface area contributed by atoms with Crippen molar-refractivity contribution in [3.05, 3.63) is 75.6 Å². The third kappa shape index (κ3) is 2.64. The van der Waals surface area contributed by atoms with E-state index in [-0.39, 0.29) is 5.78 Å². The molecule has 0 unspecified atom stereocenters. The van der Waals surface area contributed by atoms with E-state index in [0.29, 0.717) is 36.9 Å². The van der Waals surface area contributed by atoms with Crippen LogP contribution < -0.4 is 9.47 Å². The summed E-state index contributed by atoms with van der Waals surface area (Å²) >= 11 is 1.57. The molecule has 0 N–H and O–H groups in total. The summed E-state index contributed by atoms with van der Waals surface area (Å²) < 4.78 is 17.2. The first-order chi connectivity index (χ1) is 12.8. The molecule has 0 amide bonds. The Hall–Kier alpha value is -2.83. The molecule has 6 heteroatoms. The average molecular weight is 365 g/mol. The Kier molecular flexibility index (Phi) is 3.65. The number of carbonyl (C=O) groups excluding carboxylic acids is 1. The number of furan rings is 1. The molecule has 1 aromatic carbocycles. The Morgan fingerprint density at radius 1 is 1.19 bits per heavy atom. The molecule has 3 aromatic rings. The van der Waals surface area contributed by atoms with Crippen molar-refractivity contribution < 1.29 is 18.7 Å². The highest BCUT2D eigenvalue weighted by Crippen LogP contribution is 2.42. The van der Waals surface area contributed by atoms with Crippen molar-refractivity contribution in [3.63, 3.8) is 0 Å². The molecular weight excluding hydrogens is 350 g/mol. The van der Waals surface area contributed by atoms with Crippen molar-refractivity contribution in [1.82, 2.24) is 4.90 Å². The molecule has 0 radical (unpaired) electrons. The lowest BCUT2D eigenvalue weighted by Crippen LogP contribution is -2.31. The van der Waals surface area contributed by atoms with Gasteiger partial charge in [-0.05, 0) is 35.7 Å². The lowest BCUT2D eigenvalue weighted by molar-refractivity contribution is 0.0810. The van der Waals surface area contributed by atoms with Gasteiger partial charge in [-0.2, -0.15) is 0 Å². The second-order valence-electron chi connectivity index (χ2n) is 6.21. The number of benzene rings is 1. The van der Waals surface area contributed by atoms with Gasteiger partial charge in [-0.25, -0.2) is 0 Å². The van der Waals surface area contributed by atoms with Crippen LogP contribution in [0.2, 0.25) is 0 Å². The molecule has 0 bridgehead atoms. The minimum Gasteiger partial charge on any atom is -0.478 e. The zero-order valence-electron chi connectivity index (χ0n) is 13.8. The van der Waals surface area contributed by atoms with Gasteiger partial charge in [-0.1, -0.05) is 6.07 Å². The van der Waals surface area contributed by atoms with Crippen LogP contribution in [0.5, 0.6) is 11.5 Å². The largest absolute Gasteiger partial charge is 0.478 e. The molecule has 0 saturated carbocycles. The number of hydrogen-bond donors (Lipinski definition) is 0. The molecule has 2 aliphatic heterocycles. The van der Waals surface area contributed by atoms with Crippen molar-refractivity contribution in [2.75, 3.05) is 6.73 Å². The van der Waals surface area contributed by atoms with Crippen molar-refractivity contribution >= 4 is 23.2 Å². The summed E-state index contributed by atoms with van der Waals surface area (Å²) in [6, 6.07) is 11.4. The maximum absolute atomic E-state index is 12.7. The Morgan fingerprint density at radius 2 is 2.15 bits per heavy atom. The van der Waals surface area contributed by atoms with E-state index in [4.69, 9.17) is 13.9 Å². The Morgan fingerprint density at radius 3 is 2.96 bits per heavy atom. The number of thiophene rings is 1. The van der Waals surface area contributed by atoms with Crippen molar-refractivity contribution in [1.29, 1.82) is 0 Å². The maximum atomic E-state index is 12.7. The average Bonchev–Trinajstić information content (AvgIpc) is 3.39. The summed E-state index contributed by atoms with van der Waals surface area (Å²) in [5.74, 6) is 2.53. The Balaban J connectivity index is 1.46. The lowest BCUT2D eigenvalue weighted by atomic mass is 10.0. The van der Waals surface area contributed by atoms with Gasteiger partial charge in [0.15, 0.2) is 5.76 Å². The molecule has 26 heavy (non-hydrogen) atoms. The maximum Gasteiger partial charge on any atom is 0.232 e. The normalized spacial score (nSPS) is 17.7. The monoisotopic (exact) mass is 365 g/mol. The zero-order valence-corrected chi connectivity index (χ0v) is 14.6. The molecule has 0 aliphatic carbocycles. The highest BCUT2D eigenvalue weighted by atomic mass is 32.1. The number of allylic oxidation sites excluding steroid dienone is 1. The highest BCUT2D eigenvalue weighted by molar-refractivity contribution is 7.10. The summed E-state index contributed by atoms with van der Waals surface area (Å²) in [6.45, 7) is 1.75. The van der Waals surface area contributed by atoms with Gasteiger partial charge in [0.1, 0.15) is 24.0 Å². The second-order valence-corrected chi connectivity index (χ2v) is 7.19. The molecular formula is C20H15NO4S. The molecule has 5 rings (SSSR count). The fourth-order valence-corrected chi connectivity index (χ4v) is 3.88. The van der Waals surface area contributed by atoms with Crippen LogP contribution in [-0.2, 0) is 13.1 Å². The zero-order chi connectivity index (χ0) is 17.5. The van der Waals surface area contributed by atoms with Crippen LogP contribution in [0, 0.1) is 0 Å². The first-order valence-electron chi connectivity index (χ1n) is 8.29. The molecule has 130 valence electrons. The summed E-state index contributed by atoms with van der Waals surface area (Å²) in [7, 11) is 0. The predicted octanol–water partition coefficient (Wildman–Crippen LogP) is 4.31. The van der Waals surface area contributed by atoms with Crippen LogP contribution in [-0.4, -0.2) is 17.4 Å². The highest BCUT2D eigenvalue weighted by Gasteiger charge is 2.33. The second kappa shape index (κ2) is 6.16. The first-order valence-corrected chi connectivity index (χ1v) is 9.17. The van der Waals surface area contributed by atoms with Gasteiger partial charge in [-0.3, -0.25) is 9.69 Å². The van der Waals surface area contributed by atoms with Gasteiger partial charge in [0, 0.05) is 17.5 Å². The summed E-state index contributed by atoms with van der Waals surface area (Å²) in [4.78, 5) is 15.8. The van der Waals surface area contributed by atoms with E-state index < -0.39 is 0 Å². The van der Waals surface area contributed by atoms with E-state index in [0.717, 1.165) is 22.0 Å². The van der Waals surface area contributed by atoms with Crippen LogP contribution in [0.15, 0.2) is 58.2 Å². The first kappa shape index (κ1) is 15.4. The van der Waals surface area contributed by atoms with Crippen LogP contribution in [0.4, 0.5) is 0 Å². The lowest BCUT2D eigenvalue weighted by Gasteiger charge is -2.29. The van der Waals surface area contributed by atoms with E-state index in [9.17, 15) is 4.79 Å². The number of rotatable bonds is 3. The quantitative estimate of drug-likeness (QED) is 0.648. The number of ketones is 1. The standard InChI is InChI=1S/C20H15NO4S/c22-19-15-5-6-17-16(11-21(12-24-17)10-13-3-1-7-23-13)20(15)25-18(19)9-14-4-2-8-26-14/h1-9H,10-12H2. The molecule has 2 aliphatic rings. The topological polar surface area (TPSA) is 51.9 Å². The van der Waals surface area contributed by atoms with Gasteiger partial charge < -0.3 is 13.9 Å². The molecule has 0 spiro atoms. The number of ether oxygens (including phenoxy) is 2. The van der Waals surface area contributed by atoms with Crippen molar-refractivity contribution in [2.24, 2.45) is 0 Å². The number of nitrogens with zero attached hydrogens (tertiary/aromatic N) is 1. The van der Waals surface area contributed by atoms with E-state index in [1.165, 1.54) is 0 Å². The number of Topliss-reactive ketones (excluding diaryl/α,β-unsaturated/α-hetero) is 1. The van der Waals surface area contributed by atoms with Gasteiger partial charge in [0.05, 0.1) is 23.9 Å². The third-order valence-corrected chi connectivity index (χ3v) is 5.28. The van der Waals surface area contributed by atoms with E-state index in [1.807, 2.05) is 35.7 Å². The molecule has 0 fully saturated rings. The number of fused-ring (bicyclic) bond motifs is 3. The fourth-order valence-electron chi connectivity index (χ4n) is 3.23.